The summed E-state index contributed by atoms with van der Waals surface area (Å²) in [6.07, 6.45) is -2.58. The molecule has 0 bridgehead atoms. The molecule has 210 valence electrons. The summed E-state index contributed by atoms with van der Waals surface area (Å²) in [5.41, 5.74) is -8.33. The number of aliphatic hydroxyl groups is 1. The van der Waals surface area contributed by atoms with Crippen LogP contribution in [0.3, 0.4) is 0 Å². The van der Waals surface area contributed by atoms with Crippen LogP contribution >= 0.6 is 0 Å². The predicted molar refractivity (Wildman–Crippen MR) is 129 cm³/mol. The molecule has 0 aromatic carbocycles. The number of ketones is 2. The van der Waals surface area contributed by atoms with Gasteiger partial charge in [0, 0.05) is 41.1 Å². The maximum Gasteiger partial charge on any atom is 0.306 e. The van der Waals surface area contributed by atoms with Crippen LogP contribution in [0.4, 0.5) is 13.2 Å². The Labute approximate surface area is 219 Å². The lowest BCUT2D eigenvalue weighted by molar-refractivity contribution is -0.232. The number of allylic oxidation sites excluding steroid dienone is 4. The minimum atomic E-state index is -2.56. The van der Waals surface area contributed by atoms with Crippen LogP contribution in [0.5, 0.6) is 0 Å². The number of ether oxygens (including phenoxy) is 2. The summed E-state index contributed by atoms with van der Waals surface area (Å²) in [5.74, 6) is -7.05. The maximum absolute atomic E-state index is 17.4. The molecule has 4 aliphatic carbocycles. The Hall–Kier alpha value is -2.49. The first-order valence-corrected chi connectivity index (χ1v) is 13.2. The van der Waals surface area contributed by atoms with Crippen LogP contribution in [0, 0.1) is 28.6 Å². The summed E-state index contributed by atoms with van der Waals surface area (Å²) < 4.78 is 58.9. The molecule has 0 aromatic heterocycles. The number of fused-ring (bicyclic) bond motifs is 5. The third-order valence-corrected chi connectivity index (χ3v) is 9.88. The number of Topliss-reactive ketones (excluding diaryl/α,β-unsaturated/α-hetero) is 1. The van der Waals surface area contributed by atoms with E-state index < -0.39 is 100 Å². The van der Waals surface area contributed by atoms with Crippen molar-refractivity contribution in [2.75, 3.05) is 6.61 Å². The topological polar surface area (TPSA) is 107 Å². The van der Waals surface area contributed by atoms with E-state index in [0.717, 1.165) is 12.2 Å². The van der Waals surface area contributed by atoms with Crippen LogP contribution in [0.2, 0.25) is 0 Å². The van der Waals surface area contributed by atoms with Crippen molar-refractivity contribution < 1.29 is 46.9 Å². The molecule has 10 heteroatoms. The highest BCUT2D eigenvalue weighted by molar-refractivity contribution is 6.04. The van der Waals surface area contributed by atoms with Crippen LogP contribution in [0.15, 0.2) is 23.6 Å². The van der Waals surface area contributed by atoms with Crippen molar-refractivity contribution in [1.29, 1.82) is 0 Å². The molecule has 0 heterocycles. The molecule has 0 aliphatic heterocycles. The third kappa shape index (κ3) is 3.51. The monoisotopic (exact) mass is 540 g/mol. The lowest BCUT2D eigenvalue weighted by Gasteiger charge is -2.63. The Morgan fingerprint density at radius 1 is 1.11 bits per heavy atom. The lowest BCUT2D eigenvalue weighted by Crippen LogP contribution is -2.71. The first-order valence-electron chi connectivity index (χ1n) is 13.2. The van der Waals surface area contributed by atoms with Crippen molar-refractivity contribution in [1.82, 2.24) is 0 Å². The van der Waals surface area contributed by atoms with E-state index in [-0.39, 0.29) is 25.7 Å². The average molecular weight is 541 g/mol. The second kappa shape index (κ2) is 9.31. The van der Waals surface area contributed by atoms with Gasteiger partial charge in [-0.05, 0) is 38.2 Å². The van der Waals surface area contributed by atoms with Crippen LogP contribution in [-0.4, -0.2) is 58.8 Å². The van der Waals surface area contributed by atoms with E-state index in [0.29, 0.717) is 0 Å². The van der Waals surface area contributed by atoms with Gasteiger partial charge in [0.25, 0.3) is 0 Å². The second-order valence-electron chi connectivity index (χ2n) is 11.6. The fourth-order valence-corrected chi connectivity index (χ4v) is 8.09. The number of alkyl halides is 2. The normalized spacial score (nSPS) is 43.7. The molecule has 1 N–H and O–H groups in total. The van der Waals surface area contributed by atoms with Gasteiger partial charge < -0.3 is 14.6 Å². The summed E-state index contributed by atoms with van der Waals surface area (Å²) in [4.78, 5) is 50.2. The molecule has 0 amide bonds. The van der Waals surface area contributed by atoms with Gasteiger partial charge in [0.05, 0.1) is 6.10 Å². The second-order valence-corrected chi connectivity index (χ2v) is 11.6. The van der Waals surface area contributed by atoms with Crippen molar-refractivity contribution in [2.24, 2.45) is 28.6 Å². The molecule has 9 atom stereocenters. The number of hydrogen-bond acceptors (Lipinski definition) is 7. The molecule has 0 aromatic rings. The molecule has 3 unspecified atom stereocenters. The Balaban J connectivity index is 1.85. The quantitative estimate of drug-likeness (QED) is 0.507. The van der Waals surface area contributed by atoms with Crippen molar-refractivity contribution >= 4 is 23.5 Å². The van der Waals surface area contributed by atoms with E-state index in [9.17, 15) is 28.7 Å². The van der Waals surface area contributed by atoms with Gasteiger partial charge in [0.2, 0.25) is 11.6 Å². The Morgan fingerprint density at radius 2 is 1.74 bits per heavy atom. The van der Waals surface area contributed by atoms with Crippen molar-refractivity contribution in [3.63, 3.8) is 0 Å². The molecule has 3 fully saturated rings. The highest BCUT2D eigenvalue weighted by Crippen LogP contribution is 2.72. The fraction of sp³-hybridized carbons (Fsp3) is 0.714. The summed E-state index contributed by atoms with van der Waals surface area (Å²) in [5, 5.41) is 11.5. The number of halogens is 3. The van der Waals surface area contributed by atoms with E-state index in [1.165, 1.54) is 6.92 Å². The lowest BCUT2D eigenvalue weighted by atomic mass is 9.44. The number of esters is 2. The van der Waals surface area contributed by atoms with E-state index >= 15 is 8.78 Å². The van der Waals surface area contributed by atoms with Gasteiger partial charge in [0.15, 0.2) is 23.7 Å². The number of aliphatic hydroxyl groups excluding tert-OH is 1. The molecule has 0 saturated heterocycles. The molecule has 4 aliphatic rings. The Bertz CT molecular complexity index is 1130. The molecule has 0 radical (unpaired) electrons. The zero-order valence-corrected chi connectivity index (χ0v) is 22.3. The zero-order chi connectivity index (χ0) is 28.4. The van der Waals surface area contributed by atoms with Gasteiger partial charge in [-0.1, -0.05) is 33.8 Å². The minimum Gasteiger partial charge on any atom is -0.457 e. The number of hydrogen-bond donors (Lipinski definition) is 1. The largest absolute Gasteiger partial charge is 0.457 e. The van der Waals surface area contributed by atoms with Crippen LogP contribution in [-0.2, 0) is 28.7 Å². The molecule has 7 nitrogen and oxygen atoms in total. The maximum atomic E-state index is 17.4. The van der Waals surface area contributed by atoms with Gasteiger partial charge in [-0.2, -0.15) is 0 Å². The third-order valence-electron chi connectivity index (χ3n) is 9.88. The molecule has 0 spiro atoms. The highest BCUT2D eigenvalue weighted by Gasteiger charge is 2.78. The zero-order valence-electron chi connectivity index (χ0n) is 22.3. The molecule has 4 rings (SSSR count). The van der Waals surface area contributed by atoms with Crippen LogP contribution in [0.1, 0.15) is 66.7 Å². The fourth-order valence-electron chi connectivity index (χ4n) is 8.09. The van der Waals surface area contributed by atoms with Crippen molar-refractivity contribution in [3.05, 3.63) is 23.6 Å². The molecular formula is C28H35F3O7. The first kappa shape index (κ1) is 28.5. The Morgan fingerprint density at radius 3 is 2.34 bits per heavy atom. The van der Waals surface area contributed by atoms with E-state index in [1.807, 2.05) is 0 Å². The van der Waals surface area contributed by atoms with Gasteiger partial charge in [-0.3, -0.25) is 19.2 Å². The molecular weight excluding hydrogens is 505 g/mol. The number of rotatable bonds is 6. The molecule has 3 saturated carbocycles. The Kier molecular flexibility index (Phi) is 6.99. The summed E-state index contributed by atoms with van der Waals surface area (Å²) in [6, 6.07) is 0. The summed E-state index contributed by atoms with van der Waals surface area (Å²) in [6.45, 7) is 7.00. The van der Waals surface area contributed by atoms with E-state index in [1.54, 1.807) is 27.7 Å². The summed E-state index contributed by atoms with van der Waals surface area (Å²) in [7, 11) is 0. The number of carbonyl (C=O) groups excluding carboxylic acids is 4. The minimum absolute atomic E-state index is 0.0224. The van der Waals surface area contributed by atoms with Crippen molar-refractivity contribution in [3.8, 4) is 0 Å². The number of carbonyl (C=O) groups is 4. The van der Waals surface area contributed by atoms with Crippen molar-refractivity contribution in [2.45, 2.75) is 90.3 Å². The first-order chi connectivity index (χ1) is 17.6. The van der Waals surface area contributed by atoms with Gasteiger partial charge in [0.1, 0.15) is 6.17 Å². The summed E-state index contributed by atoms with van der Waals surface area (Å²) >= 11 is 0. The van der Waals surface area contributed by atoms with Gasteiger partial charge >= 0.3 is 11.9 Å². The highest BCUT2D eigenvalue weighted by atomic mass is 19.2. The van der Waals surface area contributed by atoms with Gasteiger partial charge in [-0.15, -0.1) is 0 Å². The standard InChI is InChI=1S/C28H35F3O7/c1-6-21(35)37-13-20(34)28(38-22(36)7-2)14(3)10-15-16-11-17(29)23-24(30)18(32)8-9-25(23,4)27(16,31)19(33)12-26(15,28)5/h8-9,14-17,19,33H,6-7,10-13H2,1-5H3/t14?,15-,16-,17?,19?,25-,26-,27-,28-/m0/s1. The van der Waals surface area contributed by atoms with Gasteiger partial charge in [-0.25, -0.2) is 13.2 Å². The average Bonchev–Trinajstić information content (AvgIpc) is 3.08. The SMILES string of the molecule is CCC(=O)OCC(=O)[C@@]1(OC(=O)CC)C(C)C[C@H]2[C@@H]3CC(F)C4=C(F)C(=O)C=C[C@]4(C)[C@@]3(F)C(O)C[C@@]21C. The predicted octanol–water partition coefficient (Wildman–Crippen LogP) is 4.06. The molecule has 38 heavy (non-hydrogen) atoms. The smallest absolute Gasteiger partial charge is 0.306 e. The van der Waals surface area contributed by atoms with E-state index in [4.69, 9.17) is 9.47 Å². The van der Waals surface area contributed by atoms with Crippen LogP contribution < -0.4 is 0 Å². The van der Waals surface area contributed by atoms with Crippen LogP contribution in [0.25, 0.3) is 0 Å². The van der Waals surface area contributed by atoms with E-state index in [2.05, 4.69) is 0 Å².